The fraction of sp³-hybridized carbons (Fsp3) is 0.167. The van der Waals surface area contributed by atoms with Gasteiger partial charge in [0.05, 0.1) is 10.7 Å². The Morgan fingerprint density at radius 3 is 2.95 bits per heavy atom. The minimum atomic E-state index is 0.721. The van der Waals surface area contributed by atoms with Gasteiger partial charge in [0.2, 0.25) is 5.16 Å². The third kappa shape index (κ3) is 2.84. The number of halogens is 1. The molecule has 0 aliphatic rings. The van der Waals surface area contributed by atoms with E-state index in [9.17, 15) is 0 Å². The maximum atomic E-state index is 6.18. The number of rotatable bonds is 4. The highest BCUT2D eigenvalue weighted by Gasteiger charge is 2.09. The van der Waals surface area contributed by atoms with Gasteiger partial charge in [0, 0.05) is 23.7 Å². The largest absolute Gasteiger partial charge is 0.240 e. The molecule has 0 saturated carbocycles. The molecule has 3 aromatic rings. The number of tetrazole rings is 1. The molecule has 0 unspecified atom stereocenters. The van der Waals surface area contributed by atoms with E-state index in [2.05, 4.69) is 20.5 Å². The molecule has 0 aliphatic heterocycles. The van der Waals surface area contributed by atoms with Crippen LogP contribution in [0.15, 0.2) is 34.8 Å². The Hall–Kier alpha value is -1.44. The summed E-state index contributed by atoms with van der Waals surface area (Å²) in [6.07, 6.45) is 0. The number of thioether (sulfide) groups is 1. The SMILES string of the molecule is Cn1nnnc1SCc1csc(-c2ccccc2Cl)n1. The zero-order valence-electron chi connectivity index (χ0n) is 10.5. The smallest absolute Gasteiger partial charge is 0.209 e. The fourth-order valence-electron chi connectivity index (χ4n) is 1.61. The quantitative estimate of drug-likeness (QED) is 0.690. The lowest BCUT2D eigenvalue weighted by Crippen LogP contribution is -1.93. The van der Waals surface area contributed by atoms with Crippen LogP contribution in [0.1, 0.15) is 5.69 Å². The molecule has 0 aliphatic carbocycles. The summed E-state index contributed by atoms with van der Waals surface area (Å²) in [7, 11) is 1.82. The molecule has 20 heavy (non-hydrogen) atoms. The minimum absolute atomic E-state index is 0.721. The van der Waals surface area contributed by atoms with Crippen LogP contribution in [0, 0.1) is 0 Å². The molecule has 8 heteroatoms. The maximum Gasteiger partial charge on any atom is 0.209 e. The lowest BCUT2D eigenvalue weighted by atomic mass is 10.2. The van der Waals surface area contributed by atoms with Gasteiger partial charge >= 0.3 is 0 Å². The van der Waals surface area contributed by atoms with Crippen LogP contribution < -0.4 is 0 Å². The van der Waals surface area contributed by atoms with Crippen molar-refractivity contribution in [2.45, 2.75) is 10.9 Å². The molecular formula is C12H10ClN5S2. The van der Waals surface area contributed by atoms with E-state index < -0.39 is 0 Å². The summed E-state index contributed by atoms with van der Waals surface area (Å²) in [4.78, 5) is 4.61. The summed E-state index contributed by atoms with van der Waals surface area (Å²) in [6.45, 7) is 0. The second kappa shape index (κ2) is 5.90. The molecule has 0 radical (unpaired) electrons. The average Bonchev–Trinajstić information content (AvgIpc) is 3.06. The van der Waals surface area contributed by atoms with E-state index in [-0.39, 0.29) is 0 Å². The molecule has 0 bridgehead atoms. The Kier molecular flexibility index (Phi) is 4.00. The van der Waals surface area contributed by atoms with Crippen molar-refractivity contribution in [2.24, 2.45) is 7.05 Å². The lowest BCUT2D eigenvalue weighted by Gasteiger charge is -1.99. The number of benzene rings is 1. The van der Waals surface area contributed by atoms with Gasteiger partial charge in [-0.05, 0) is 16.5 Å². The van der Waals surface area contributed by atoms with Crippen molar-refractivity contribution in [3.63, 3.8) is 0 Å². The highest BCUT2D eigenvalue weighted by atomic mass is 35.5. The number of aromatic nitrogens is 5. The third-order valence-electron chi connectivity index (χ3n) is 2.59. The van der Waals surface area contributed by atoms with Gasteiger partial charge in [0.15, 0.2) is 0 Å². The van der Waals surface area contributed by atoms with Crippen molar-refractivity contribution in [1.29, 1.82) is 0 Å². The van der Waals surface area contributed by atoms with Crippen molar-refractivity contribution in [3.8, 4) is 10.6 Å². The van der Waals surface area contributed by atoms with Crippen LogP contribution in [0.2, 0.25) is 5.02 Å². The first-order valence-electron chi connectivity index (χ1n) is 5.78. The highest BCUT2D eigenvalue weighted by Crippen LogP contribution is 2.31. The second-order valence-corrected chi connectivity index (χ2v) is 6.21. The molecular weight excluding hydrogens is 314 g/mol. The first kappa shape index (κ1) is 13.5. The maximum absolute atomic E-state index is 6.18. The van der Waals surface area contributed by atoms with Gasteiger partial charge in [-0.1, -0.05) is 41.6 Å². The Bertz CT molecular complexity index is 724. The number of nitrogens with zero attached hydrogens (tertiary/aromatic N) is 5. The zero-order valence-corrected chi connectivity index (χ0v) is 12.9. The van der Waals surface area contributed by atoms with E-state index in [1.807, 2.05) is 36.7 Å². The van der Waals surface area contributed by atoms with E-state index in [1.54, 1.807) is 27.8 Å². The molecule has 0 atom stereocenters. The van der Waals surface area contributed by atoms with Gasteiger partial charge < -0.3 is 0 Å². The van der Waals surface area contributed by atoms with Crippen LogP contribution in [0.5, 0.6) is 0 Å². The monoisotopic (exact) mass is 323 g/mol. The van der Waals surface area contributed by atoms with Crippen LogP contribution >= 0.6 is 34.7 Å². The van der Waals surface area contributed by atoms with Crippen LogP contribution in [0.3, 0.4) is 0 Å². The zero-order chi connectivity index (χ0) is 13.9. The molecule has 0 amide bonds. The summed E-state index contributed by atoms with van der Waals surface area (Å²) in [5.74, 6) is 0.731. The van der Waals surface area contributed by atoms with E-state index in [1.165, 1.54) is 0 Å². The fourth-order valence-corrected chi connectivity index (χ4v) is 3.60. The molecule has 102 valence electrons. The molecule has 0 spiro atoms. The first-order chi connectivity index (χ1) is 9.74. The summed E-state index contributed by atoms with van der Waals surface area (Å²) in [5, 5.41) is 15.8. The molecule has 0 N–H and O–H groups in total. The standard InChI is InChI=1S/C12H10ClN5S2/c1-18-12(15-16-17-18)20-7-8-6-19-11(14-8)9-4-2-3-5-10(9)13/h2-6H,7H2,1H3. The summed E-state index contributed by atoms with van der Waals surface area (Å²) < 4.78 is 1.64. The van der Waals surface area contributed by atoms with Crippen molar-refractivity contribution >= 4 is 34.7 Å². The number of thiazole rings is 1. The molecule has 3 rings (SSSR count). The van der Waals surface area contributed by atoms with Gasteiger partial charge in [-0.3, -0.25) is 0 Å². The van der Waals surface area contributed by atoms with E-state index in [0.29, 0.717) is 0 Å². The summed E-state index contributed by atoms with van der Waals surface area (Å²) >= 11 is 9.33. The predicted octanol–water partition coefficient (Wildman–Crippen LogP) is 3.28. The minimum Gasteiger partial charge on any atom is -0.240 e. The Morgan fingerprint density at radius 1 is 1.35 bits per heavy atom. The molecule has 0 fully saturated rings. The highest BCUT2D eigenvalue weighted by molar-refractivity contribution is 7.98. The first-order valence-corrected chi connectivity index (χ1v) is 8.03. The van der Waals surface area contributed by atoms with Crippen molar-refractivity contribution < 1.29 is 0 Å². The van der Waals surface area contributed by atoms with Gasteiger partial charge in [0.25, 0.3) is 0 Å². The summed E-state index contributed by atoms with van der Waals surface area (Å²) in [5.41, 5.74) is 1.97. The topological polar surface area (TPSA) is 56.5 Å². The van der Waals surface area contributed by atoms with Crippen molar-refractivity contribution in [1.82, 2.24) is 25.2 Å². The lowest BCUT2D eigenvalue weighted by molar-refractivity contribution is 0.664. The molecule has 5 nitrogen and oxygen atoms in total. The normalized spacial score (nSPS) is 10.9. The number of hydrogen-bond acceptors (Lipinski definition) is 6. The van der Waals surface area contributed by atoms with Gasteiger partial charge in [-0.25, -0.2) is 9.67 Å². The van der Waals surface area contributed by atoms with E-state index in [4.69, 9.17) is 11.6 Å². The van der Waals surface area contributed by atoms with Gasteiger partial charge in [-0.2, -0.15) is 0 Å². The third-order valence-corrected chi connectivity index (χ3v) is 4.88. The number of aryl methyl sites for hydroxylation is 1. The number of hydrogen-bond donors (Lipinski definition) is 0. The Labute approximate surface area is 129 Å². The van der Waals surface area contributed by atoms with Gasteiger partial charge in [-0.15, -0.1) is 16.4 Å². The molecule has 2 heterocycles. The Balaban J connectivity index is 1.74. The second-order valence-electron chi connectivity index (χ2n) is 4.00. The van der Waals surface area contributed by atoms with Gasteiger partial charge in [0.1, 0.15) is 5.01 Å². The van der Waals surface area contributed by atoms with Crippen LogP contribution in [0.4, 0.5) is 0 Å². The summed E-state index contributed by atoms with van der Waals surface area (Å²) in [6, 6.07) is 7.72. The van der Waals surface area contributed by atoms with Crippen molar-refractivity contribution in [2.75, 3.05) is 0 Å². The van der Waals surface area contributed by atoms with Crippen LogP contribution in [-0.2, 0) is 12.8 Å². The molecule has 2 aromatic heterocycles. The van der Waals surface area contributed by atoms with Crippen molar-refractivity contribution in [3.05, 3.63) is 40.4 Å². The van der Waals surface area contributed by atoms with Crippen LogP contribution in [-0.4, -0.2) is 25.2 Å². The predicted molar refractivity (Wildman–Crippen MR) is 80.9 cm³/mol. The molecule has 1 aromatic carbocycles. The molecule has 0 saturated heterocycles. The Morgan fingerprint density at radius 2 is 2.20 bits per heavy atom. The van der Waals surface area contributed by atoms with Crippen LogP contribution in [0.25, 0.3) is 10.6 Å². The van der Waals surface area contributed by atoms with E-state index in [0.717, 1.165) is 32.2 Å². The average molecular weight is 324 g/mol. The van der Waals surface area contributed by atoms with E-state index >= 15 is 0 Å².